The molecule has 164 valence electrons. The van der Waals surface area contributed by atoms with Gasteiger partial charge in [0.05, 0.1) is 36.8 Å². The van der Waals surface area contributed by atoms with E-state index in [-0.39, 0.29) is 17.1 Å². The Morgan fingerprint density at radius 1 is 1.06 bits per heavy atom. The van der Waals surface area contributed by atoms with Crippen LogP contribution in [0.3, 0.4) is 0 Å². The van der Waals surface area contributed by atoms with Crippen LogP contribution in [0, 0.1) is 7.14 Å². The van der Waals surface area contributed by atoms with Gasteiger partial charge in [-0.3, -0.25) is 4.79 Å². The summed E-state index contributed by atoms with van der Waals surface area (Å²) in [5.74, 6) is 1.55. The number of aromatic nitrogens is 2. The lowest BCUT2D eigenvalue weighted by atomic mass is 10.2. The predicted octanol–water partition coefficient (Wildman–Crippen LogP) is 5.62. The molecule has 0 spiro atoms. The molecule has 2 heterocycles. The third-order valence-corrected chi connectivity index (χ3v) is 6.72. The Labute approximate surface area is 215 Å². The van der Waals surface area contributed by atoms with E-state index in [4.69, 9.17) is 14.1 Å². The minimum absolute atomic E-state index is 0.217. The number of rotatable bonds is 4. The Kier molecular flexibility index (Phi) is 5.83. The number of methoxy groups -OCH3 is 1. The minimum atomic E-state index is -0.317. The lowest BCUT2D eigenvalue weighted by molar-refractivity contribution is 0.419. The molecular weight excluding hydrogens is 648 g/mol. The summed E-state index contributed by atoms with van der Waals surface area (Å²) in [5, 5.41) is 15.7. The van der Waals surface area contributed by atoms with Crippen LogP contribution in [-0.4, -0.2) is 28.1 Å². The van der Waals surface area contributed by atoms with E-state index in [1.54, 1.807) is 49.7 Å². The molecule has 0 atom stereocenters. The second kappa shape index (κ2) is 8.78. The summed E-state index contributed by atoms with van der Waals surface area (Å²) in [6.07, 6.45) is 1.56. The van der Waals surface area contributed by atoms with Gasteiger partial charge in [-0.2, -0.15) is 9.78 Å². The molecule has 5 aromatic rings. The smallest absolute Gasteiger partial charge is 0.282 e. The number of hydrogen-bond acceptors (Lipinski definition) is 6. The summed E-state index contributed by atoms with van der Waals surface area (Å²) in [6.45, 7) is 0. The second-order valence-electron chi connectivity index (χ2n) is 7.13. The number of fused-ring (bicyclic) bond motifs is 2. The molecule has 0 aliphatic carbocycles. The van der Waals surface area contributed by atoms with Crippen molar-refractivity contribution in [2.24, 2.45) is 5.10 Å². The Morgan fingerprint density at radius 3 is 2.58 bits per heavy atom. The van der Waals surface area contributed by atoms with Gasteiger partial charge in [-0.15, -0.1) is 0 Å². The fourth-order valence-corrected chi connectivity index (χ4v) is 5.31. The van der Waals surface area contributed by atoms with Crippen LogP contribution in [0.15, 0.2) is 75.0 Å². The molecule has 0 aliphatic rings. The molecule has 0 saturated heterocycles. The number of nitrogens with zero attached hydrogens (tertiary/aromatic N) is 3. The minimum Gasteiger partial charge on any atom is -0.506 e. The molecule has 0 aliphatic heterocycles. The van der Waals surface area contributed by atoms with Gasteiger partial charge in [0.25, 0.3) is 5.56 Å². The highest BCUT2D eigenvalue weighted by Crippen LogP contribution is 2.33. The van der Waals surface area contributed by atoms with E-state index in [9.17, 15) is 9.90 Å². The van der Waals surface area contributed by atoms with Crippen molar-refractivity contribution in [3.05, 3.63) is 83.7 Å². The quantitative estimate of drug-likeness (QED) is 0.200. The van der Waals surface area contributed by atoms with E-state index >= 15 is 0 Å². The third kappa shape index (κ3) is 3.99. The number of benzene rings is 3. The molecule has 9 heteroatoms. The van der Waals surface area contributed by atoms with Crippen molar-refractivity contribution >= 4 is 73.3 Å². The van der Waals surface area contributed by atoms with Crippen LogP contribution in [0.5, 0.6) is 11.5 Å². The van der Waals surface area contributed by atoms with Gasteiger partial charge >= 0.3 is 0 Å². The molecule has 1 N–H and O–H groups in total. The van der Waals surface area contributed by atoms with E-state index < -0.39 is 0 Å². The lowest BCUT2D eigenvalue weighted by Gasteiger charge is -2.07. The van der Waals surface area contributed by atoms with Crippen molar-refractivity contribution in [3.8, 4) is 23.1 Å². The number of ether oxygens (including phenoxy) is 1. The van der Waals surface area contributed by atoms with Crippen molar-refractivity contribution in [2.75, 3.05) is 7.11 Å². The average molecular weight is 663 g/mol. The predicted molar refractivity (Wildman–Crippen MR) is 144 cm³/mol. The fraction of sp³-hybridized carbons (Fsp3) is 0.0417. The summed E-state index contributed by atoms with van der Waals surface area (Å²) in [4.78, 5) is 18.1. The Balaban J connectivity index is 1.74. The summed E-state index contributed by atoms with van der Waals surface area (Å²) in [6, 6.07) is 18.0. The molecule has 7 nitrogen and oxygen atoms in total. The van der Waals surface area contributed by atoms with Crippen LogP contribution in [-0.2, 0) is 0 Å². The number of phenols is 1. The topological polar surface area (TPSA) is 89.9 Å². The first-order valence-corrected chi connectivity index (χ1v) is 11.9. The maximum absolute atomic E-state index is 13.4. The molecule has 33 heavy (non-hydrogen) atoms. The zero-order chi connectivity index (χ0) is 23.1. The van der Waals surface area contributed by atoms with Gasteiger partial charge in [0.2, 0.25) is 5.82 Å². The number of furan rings is 1. The Hall–Kier alpha value is -2.93. The zero-order valence-electron chi connectivity index (χ0n) is 17.1. The van der Waals surface area contributed by atoms with E-state index in [2.05, 4.69) is 50.3 Å². The monoisotopic (exact) mass is 663 g/mol. The molecule has 0 bridgehead atoms. The average Bonchev–Trinajstić information content (AvgIpc) is 3.26. The molecule has 0 fully saturated rings. The maximum Gasteiger partial charge on any atom is 0.282 e. The van der Waals surface area contributed by atoms with Crippen LogP contribution in [0.2, 0.25) is 0 Å². The maximum atomic E-state index is 13.4. The largest absolute Gasteiger partial charge is 0.506 e. The number of phenolic OH excluding ortho intramolecular Hbond substituents is 1. The summed E-state index contributed by atoms with van der Waals surface area (Å²) < 4.78 is 14.1. The molecule has 2 aromatic heterocycles. The number of aromatic hydroxyl groups is 1. The second-order valence-corrected chi connectivity index (χ2v) is 9.45. The van der Waals surface area contributed by atoms with E-state index in [0.717, 1.165) is 10.9 Å². The summed E-state index contributed by atoms with van der Waals surface area (Å²) in [7, 11) is 1.59. The van der Waals surface area contributed by atoms with Crippen LogP contribution in [0.1, 0.15) is 5.56 Å². The van der Waals surface area contributed by atoms with Gasteiger partial charge in [0.1, 0.15) is 17.1 Å². The normalized spacial score (nSPS) is 11.6. The van der Waals surface area contributed by atoms with Crippen molar-refractivity contribution < 1.29 is 14.3 Å². The first-order chi connectivity index (χ1) is 16.0. The molecule has 0 radical (unpaired) electrons. The van der Waals surface area contributed by atoms with E-state index in [0.29, 0.717) is 35.1 Å². The van der Waals surface area contributed by atoms with Crippen molar-refractivity contribution in [3.63, 3.8) is 0 Å². The van der Waals surface area contributed by atoms with E-state index in [1.165, 1.54) is 4.68 Å². The summed E-state index contributed by atoms with van der Waals surface area (Å²) in [5.41, 5.74) is 1.58. The SMILES string of the molecule is COc1cccc2oc(-c3nc4ccccc4c(=O)n3N=Cc3cc(I)c(O)c(I)c3)cc12. The Morgan fingerprint density at radius 2 is 1.82 bits per heavy atom. The highest BCUT2D eigenvalue weighted by molar-refractivity contribution is 14.1. The number of halogens is 2. The van der Waals surface area contributed by atoms with Gasteiger partial charge in [0, 0.05) is 0 Å². The molecule has 0 saturated carbocycles. The molecule has 3 aromatic carbocycles. The summed E-state index contributed by atoms with van der Waals surface area (Å²) >= 11 is 4.11. The van der Waals surface area contributed by atoms with Gasteiger partial charge in [-0.25, -0.2) is 4.98 Å². The first kappa shape index (κ1) is 21.9. The van der Waals surface area contributed by atoms with Crippen molar-refractivity contribution in [1.82, 2.24) is 9.66 Å². The van der Waals surface area contributed by atoms with Crippen LogP contribution in [0.25, 0.3) is 33.5 Å². The van der Waals surface area contributed by atoms with Gasteiger partial charge in [0.15, 0.2) is 5.76 Å². The Bertz CT molecular complexity index is 1600. The van der Waals surface area contributed by atoms with Crippen LogP contribution in [0.4, 0.5) is 0 Å². The lowest BCUT2D eigenvalue weighted by Crippen LogP contribution is -2.20. The van der Waals surface area contributed by atoms with Gasteiger partial charge in [-0.05, 0) is 93.2 Å². The van der Waals surface area contributed by atoms with Crippen LogP contribution < -0.4 is 10.3 Å². The zero-order valence-corrected chi connectivity index (χ0v) is 21.4. The highest BCUT2D eigenvalue weighted by Gasteiger charge is 2.18. The van der Waals surface area contributed by atoms with Crippen LogP contribution >= 0.6 is 45.2 Å². The third-order valence-electron chi connectivity index (χ3n) is 5.08. The van der Waals surface area contributed by atoms with Gasteiger partial charge in [-0.1, -0.05) is 18.2 Å². The highest BCUT2D eigenvalue weighted by atomic mass is 127. The number of hydrogen-bond donors (Lipinski definition) is 1. The molecular formula is C24H15I2N3O4. The number of para-hydroxylation sites is 1. The fourth-order valence-electron chi connectivity index (χ4n) is 3.50. The first-order valence-electron chi connectivity index (χ1n) is 9.77. The molecule has 0 unspecified atom stereocenters. The van der Waals surface area contributed by atoms with Crippen molar-refractivity contribution in [1.29, 1.82) is 0 Å². The molecule has 0 amide bonds. The molecule has 5 rings (SSSR count). The van der Waals surface area contributed by atoms with E-state index in [1.807, 2.05) is 24.3 Å². The van der Waals surface area contributed by atoms with Crippen molar-refractivity contribution in [2.45, 2.75) is 0 Å². The van der Waals surface area contributed by atoms with Gasteiger partial charge < -0.3 is 14.3 Å². The standard InChI is InChI=1S/C24H15I2N3O4/c1-32-19-7-4-8-20-15(19)11-21(33-20)23-28-18-6-3-2-5-14(18)24(31)29(23)27-12-13-9-16(25)22(30)17(26)10-13/h2-12,30H,1H3.